The summed E-state index contributed by atoms with van der Waals surface area (Å²) in [7, 11) is 0. The Kier molecular flexibility index (Phi) is 4.14. The summed E-state index contributed by atoms with van der Waals surface area (Å²) in [4.78, 5) is 37.9. The average Bonchev–Trinajstić information content (AvgIpc) is 2.97. The Hall–Kier alpha value is -1.89. The van der Waals surface area contributed by atoms with Gasteiger partial charge in [-0.15, -0.1) is 0 Å². The number of esters is 3. The Balaban J connectivity index is 1.82. The van der Waals surface area contributed by atoms with E-state index in [1.165, 1.54) is 6.92 Å². The number of nitrogens with zero attached hydrogens (tertiary/aromatic N) is 1. The third-order valence-electron chi connectivity index (χ3n) is 4.52. The first-order chi connectivity index (χ1) is 10.9. The van der Waals surface area contributed by atoms with Gasteiger partial charge in [-0.3, -0.25) is 19.3 Å². The highest BCUT2D eigenvalue weighted by Gasteiger charge is 2.44. The molecule has 0 amide bonds. The van der Waals surface area contributed by atoms with E-state index in [0.717, 1.165) is 25.1 Å². The number of rotatable bonds is 1. The summed E-state index contributed by atoms with van der Waals surface area (Å²) in [5.41, 5.74) is -0.267. The Morgan fingerprint density at radius 3 is 2.83 bits per heavy atom. The minimum atomic E-state index is -1.24. The molecule has 2 fully saturated rings. The molecule has 0 radical (unpaired) electrons. The molecule has 7 nitrogen and oxygen atoms in total. The maximum Gasteiger partial charge on any atom is 0.310 e. The molecule has 0 N–H and O–H groups in total. The van der Waals surface area contributed by atoms with Crippen molar-refractivity contribution in [1.29, 1.82) is 0 Å². The third kappa shape index (κ3) is 3.39. The molecule has 3 atom stereocenters. The van der Waals surface area contributed by atoms with Crippen LogP contribution in [-0.4, -0.2) is 60.3 Å². The van der Waals surface area contributed by atoms with Gasteiger partial charge in [0.25, 0.3) is 0 Å². The van der Waals surface area contributed by atoms with Crippen molar-refractivity contribution in [1.82, 2.24) is 4.90 Å². The van der Waals surface area contributed by atoms with Gasteiger partial charge >= 0.3 is 17.9 Å². The van der Waals surface area contributed by atoms with E-state index < -0.39 is 23.5 Å². The van der Waals surface area contributed by atoms with E-state index >= 15 is 0 Å². The molecule has 126 valence electrons. The zero-order chi connectivity index (χ0) is 16.6. The molecule has 0 aliphatic carbocycles. The lowest BCUT2D eigenvalue weighted by molar-refractivity contribution is -0.169. The quantitative estimate of drug-likeness (QED) is 0.396. The van der Waals surface area contributed by atoms with Crippen molar-refractivity contribution in [3.63, 3.8) is 0 Å². The van der Waals surface area contributed by atoms with Gasteiger partial charge in [0, 0.05) is 20.0 Å². The predicted octanol–water partition coefficient (Wildman–Crippen LogP) is 0.571. The van der Waals surface area contributed by atoms with Crippen LogP contribution in [-0.2, 0) is 28.6 Å². The van der Waals surface area contributed by atoms with Gasteiger partial charge in [0.05, 0.1) is 18.9 Å². The summed E-state index contributed by atoms with van der Waals surface area (Å²) < 4.78 is 16.2. The van der Waals surface area contributed by atoms with Gasteiger partial charge in [-0.1, -0.05) is 6.08 Å². The fourth-order valence-electron chi connectivity index (χ4n) is 3.64. The lowest BCUT2D eigenvalue weighted by atomic mass is 9.97. The van der Waals surface area contributed by atoms with Gasteiger partial charge in [-0.05, 0) is 18.9 Å². The van der Waals surface area contributed by atoms with Crippen LogP contribution in [0.25, 0.3) is 0 Å². The number of ether oxygens (including phenoxy) is 3. The van der Waals surface area contributed by atoms with Crippen LogP contribution in [0.5, 0.6) is 0 Å². The number of carbonyl (C=O) groups excluding carboxylic acids is 3. The number of carbonyl (C=O) groups is 3. The number of cyclic esters (lactones) is 1. The van der Waals surface area contributed by atoms with Crippen LogP contribution in [0.2, 0.25) is 0 Å². The molecule has 3 aliphatic rings. The topological polar surface area (TPSA) is 82.1 Å². The van der Waals surface area contributed by atoms with E-state index in [-0.39, 0.29) is 31.6 Å². The summed E-state index contributed by atoms with van der Waals surface area (Å²) in [6.07, 6.45) is 2.21. The summed E-state index contributed by atoms with van der Waals surface area (Å²) >= 11 is 0. The summed E-state index contributed by atoms with van der Waals surface area (Å²) in [6.45, 7) is 4.62. The highest BCUT2D eigenvalue weighted by molar-refractivity contribution is 5.77. The fraction of sp³-hybridized carbons (Fsp3) is 0.688. The van der Waals surface area contributed by atoms with E-state index in [1.54, 1.807) is 6.92 Å². The average molecular weight is 323 g/mol. The van der Waals surface area contributed by atoms with Crippen molar-refractivity contribution in [3.05, 3.63) is 11.6 Å². The first kappa shape index (κ1) is 16.0. The maximum absolute atomic E-state index is 12.3. The first-order valence-corrected chi connectivity index (χ1v) is 7.84. The van der Waals surface area contributed by atoms with Gasteiger partial charge in [-0.2, -0.15) is 0 Å². The Bertz CT molecular complexity index is 571. The van der Waals surface area contributed by atoms with Crippen molar-refractivity contribution in [2.75, 3.05) is 19.7 Å². The normalized spacial score (nSPS) is 34.8. The first-order valence-electron chi connectivity index (χ1n) is 7.84. The molecule has 7 heteroatoms. The Labute approximate surface area is 134 Å². The SMILES string of the molecule is CC(=O)O[C@@]1(C)CC(=O)OCC2=CCN3CC[C@@H](OC(=O)C1)[C@H]23. The van der Waals surface area contributed by atoms with Crippen LogP contribution >= 0.6 is 0 Å². The molecule has 0 aromatic carbocycles. The number of hydrogen-bond acceptors (Lipinski definition) is 7. The summed E-state index contributed by atoms with van der Waals surface area (Å²) in [6, 6.07) is -0.00942. The van der Waals surface area contributed by atoms with E-state index in [4.69, 9.17) is 14.2 Å². The van der Waals surface area contributed by atoms with E-state index in [0.29, 0.717) is 0 Å². The Morgan fingerprint density at radius 1 is 1.35 bits per heavy atom. The largest absolute Gasteiger partial charge is 0.461 e. The van der Waals surface area contributed by atoms with Crippen molar-refractivity contribution in [3.8, 4) is 0 Å². The highest BCUT2D eigenvalue weighted by Crippen LogP contribution is 2.33. The van der Waals surface area contributed by atoms with Crippen molar-refractivity contribution < 1.29 is 28.6 Å². The van der Waals surface area contributed by atoms with Gasteiger partial charge in [0.1, 0.15) is 18.3 Å². The number of hydrogen-bond donors (Lipinski definition) is 0. The van der Waals surface area contributed by atoms with Gasteiger partial charge in [-0.25, -0.2) is 0 Å². The molecule has 3 heterocycles. The lowest BCUT2D eigenvalue weighted by Crippen LogP contribution is -2.38. The lowest BCUT2D eigenvalue weighted by Gasteiger charge is -2.27. The second-order valence-electron chi connectivity index (χ2n) is 6.59. The molecule has 0 saturated carbocycles. The van der Waals surface area contributed by atoms with E-state index in [9.17, 15) is 14.4 Å². The molecule has 23 heavy (non-hydrogen) atoms. The second-order valence-corrected chi connectivity index (χ2v) is 6.59. The summed E-state index contributed by atoms with van der Waals surface area (Å²) in [5, 5.41) is 0. The molecule has 0 aromatic rings. The minimum Gasteiger partial charge on any atom is -0.461 e. The second kappa shape index (κ2) is 5.96. The maximum atomic E-state index is 12.3. The molecular weight excluding hydrogens is 302 g/mol. The van der Waals surface area contributed by atoms with Crippen LogP contribution in [0.4, 0.5) is 0 Å². The molecule has 0 bridgehead atoms. The van der Waals surface area contributed by atoms with Crippen molar-refractivity contribution in [2.24, 2.45) is 0 Å². The smallest absolute Gasteiger partial charge is 0.310 e. The minimum absolute atomic E-state index is 0.00942. The fourth-order valence-corrected chi connectivity index (χ4v) is 3.64. The molecular formula is C16H21NO6. The van der Waals surface area contributed by atoms with Gasteiger partial charge < -0.3 is 14.2 Å². The standard InChI is InChI=1S/C16H21NO6/c1-10(18)23-16(2)7-13(19)21-9-11-3-5-17-6-4-12(15(11)17)22-14(20)8-16/h3,12,15H,4-9H2,1-2H3/t12-,15+,16+/m1/s1. The van der Waals surface area contributed by atoms with Gasteiger partial charge in [0.15, 0.2) is 0 Å². The van der Waals surface area contributed by atoms with Crippen molar-refractivity contribution in [2.45, 2.75) is 50.9 Å². The van der Waals surface area contributed by atoms with Crippen LogP contribution < -0.4 is 0 Å². The molecule has 0 aromatic heterocycles. The van der Waals surface area contributed by atoms with Crippen LogP contribution in [0, 0.1) is 0 Å². The molecule has 0 unspecified atom stereocenters. The predicted molar refractivity (Wildman–Crippen MR) is 78.3 cm³/mol. The van der Waals surface area contributed by atoms with E-state index in [1.807, 2.05) is 6.08 Å². The highest BCUT2D eigenvalue weighted by atomic mass is 16.6. The zero-order valence-corrected chi connectivity index (χ0v) is 13.4. The molecule has 0 spiro atoms. The molecule has 3 rings (SSSR count). The monoisotopic (exact) mass is 323 g/mol. The Morgan fingerprint density at radius 2 is 2.09 bits per heavy atom. The molecule has 3 aliphatic heterocycles. The van der Waals surface area contributed by atoms with Crippen LogP contribution in [0.3, 0.4) is 0 Å². The van der Waals surface area contributed by atoms with Crippen molar-refractivity contribution >= 4 is 17.9 Å². The molecule has 2 saturated heterocycles. The summed E-state index contributed by atoms with van der Waals surface area (Å²) in [5.74, 6) is -1.49. The third-order valence-corrected chi connectivity index (χ3v) is 4.52. The van der Waals surface area contributed by atoms with E-state index in [2.05, 4.69) is 4.90 Å². The van der Waals surface area contributed by atoms with Gasteiger partial charge in [0.2, 0.25) is 0 Å². The van der Waals surface area contributed by atoms with Crippen LogP contribution in [0.15, 0.2) is 11.6 Å². The zero-order valence-electron chi connectivity index (χ0n) is 13.4. The van der Waals surface area contributed by atoms with Crippen LogP contribution in [0.1, 0.15) is 33.1 Å².